The molecule has 6 heteroatoms. The van der Waals surface area contributed by atoms with E-state index in [0.29, 0.717) is 0 Å². The number of aliphatic carboxylic acids is 1. The second-order valence-corrected chi connectivity index (χ2v) is 7.34. The Bertz CT molecular complexity index is 379. The quantitative estimate of drug-likeness (QED) is 0.870. The van der Waals surface area contributed by atoms with Crippen molar-refractivity contribution in [2.45, 2.75) is 30.4 Å². The summed E-state index contributed by atoms with van der Waals surface area (Å²) in [4.78, 5) is 11.9. The first-order valence-corrected chi connectivity index (χ1v) is 6.87. The highest BCUT2D eigenvalue weighted by Crippen LogP contribution is 2.33. The molecule has 90 valence electrons. The lowest BCUT2D eigenvalue weighted by atomic mass is 10.1. The molecule has 16 heavy (non-hydrogen) atoms. The predicted octanol–water partition coefficient (Wildman–Crippen LogP) is 2.83. The average molecular weight is 280 g/mol. The summed E-state index contributed by atoms with van der Waals surface area (Å²) < 4.78 is 0.249. The Labute approximate surface area is 108 Å². The molecule has 0 aliphatic carbocycles. The minimum Gasteiger partial charge on any atom is -0.480 e. The van der Waals surface area contributed by atoms with E-state index in [9.17, 15) is 4.79 Å². The lowest BCUT2D eigenvalue weighted by Crippen LogP contribution is -2.46. The first-order valence-electron chi connectivity index (χ1n) is 4.69. The molecule has 0 saturated carbocycles. The van der Waals surface area contributed by atoms with Gasteiger partial charge in [0.05, 0.1) is 4.34 Å². The number of hydrogen-bond donors (Lipinski definition) is 2. The molecular weight excluding hydrogens is 266 g/mol. The third kappa shape index (κ3) is 3.66. The second-order valence-electron chi connectivity index (χ2n) is 3.91. The van der Waals surface area contributed by atoms with Crippen molar-refractivity contribution in [1.82, 2.24) is 0 Å². The van der Waals surface area contributed by atoms with Crippen LogP contribution in [0.5, 0.6) is 0 Å². The summed E-state index contributed by atoms with van der Waals surface area (Å²) >= 11 is 8.85. The Morgan fingerprint density at radius 2 is 2.31 bits per heavy atom. The molecule has 1 aromatic heterocycles. The zero-order valence-electron chi connectivity index (χ0n) is 9.07. The van der Waals surface area contributed by atoms with Gasteiger partial charge in [-0.15, -0.1) is 23.1 Å². The van der Waals surface area contributed by atoms with Crippen molar-refractivity contribution in [1.29, 1.82) is 0 Å². The number of rotatable bonds is 5. The van der Waals surface area contributed by atoms with Crippen LogP contribution in [0.3, 0.4) is 0 Å². The van der Waals surface area contributed by atoms with E-state index in [-0.39, 0.29) is 0 Å². The first-order chi connectivity index (χ1) is 7.33. The molecule has 1 atom stereocenters. The standard InChI is InChI=1S/C10H14ClNO2S2/c1-10(2,8(12)9(13)14)15-5-6-3-4-7(11)16-6/h3-4,8H,5,12H2,1-2H3,(H,13,14)/t8-/m0/s1. The van der Waals surface area contributed by atoms with Crippen molar-refractivity contribution >= 4 is 40.7 Å². The number of halogens is 1. The monoisotopic (exact) mass is 279 g/mol. The molecule has 0 fully saturated rings. The maximum absolute atomic E-state index is 10.8. The van der Waals surface area contributed by atoms with Crippen LogP contribution >= 0.6 is 34.7 Å². The average Bonchev–Trinajstić information content (AvgIpc) is 2.60. The van der Waals surface area contributed by atoms with Crippen LogP contribution in [0.25, 0.3) is 0 Å². The number of carbonyl (C=O) groups is 1. The van der Waals surface area contributed by atoms with Crippen molar-refractivity contribution in [3.05, 3.63) is 21.3 Å². The van der Waals surface area contributed by atoms with Crippen LogP contribution < -0.4 is 5.73 Å². The highest BCUT2D eigenvalue weighted by Gasteiger charge is 2.32. The van der Waals surface area contributed by atoms with Crippen molar-refractivity contribution in [3.8, 4) is 0 Å². The fourth-order valence-electron chi connectivity index (χ4n) is 1.07. The van der Waals surface area contributed by atoms with Crippen molar-refractivity contribution in [3.63, 3.8) is 0 Å². The van der Waals surface area contributed by atoms with Gasteiger partial charge in [-0.05, 0) is 26.0 Å². The van der Waals surface area contributed by atoms with Crippen LogP contribution in [0.4, 0.5) is 0 Å². The van der Waals surface area contributed by atoms with Gasteiger partial charge >= 0.3 is 5.97 Å². The minimum atomic E-state index is -0.971. The molecule has 0 aliphatic rings. The molecule has 1 aromatic rings. The summed E-state index contributed by atoms with van der Waals surface area (Å²) in [7, 11) is 0. The third-order valence-corrected chi connectivity index (χ3v) is 5.10. The molecule has 0 amide bonds. The minimum absolute atomic E-state index is 0.498. The Morgan fingerprint density at radius 1 is 1.69 bits per heavy atom. The van der Waals surface area contributed by atoms with E-state index in [1.54, 1.807) is 0 Å². The number of hydrogen-bond acceptors (Lipinski definition) is 4. The largest absolute Gasteiger partial charge is 0.480 e. The van der Waals surface area contributed by atoms with Crippen molar-refractivity contribution in [2.24, 2.45) is 5.73 Å². The van der Waals surface area contributed by atoms with E-state index < -0.39 is 16.8 Å². The number of carboxylic acids is 1. The molecule has 0 spiro atoms. The lowest BCUT2D eigenvalue weighted by molar-refractivity contribution is -0.139. The lowest BCUT2D eigenvalue weighted by Gasteiger charge is -2.27. The Morgan fingerprint density at radius 3 is 2.75 bits per heavy atom. The van der Waals surface area contributed by atoms with Gasteiger partial charge < -0.3 is 10.8 Å². The highest BCUT2D eigenvalue weighted by atomic mass is 35.5. The normalized spacial score (nSPS) is 13.8. The van der Waals surface area contributed by atoms with Gasteiger partial charge in [-0.3, -0.25) is 4.79 Å². The zero-order chi connectivity index (χ0) is 12.3. The number of carboxylic acid groups (broad SMARTS) is 1. The van der Waals surface area contributed by atoms with Gasteiger partial charge in [0, 0.05) is 15.4 Å². The summed E-state index contributed by atoms with van der Waals surface area (Å²) in [5.74, 6) is -0.243. The molecule has 0 unspecified atom stereocenters. The SMILES string of the molecule is CC(C)(SCc1ccc(Cl)s1)[C@@H](N)C(=O)O. The van der Waals surface area contributed by atoms with Crippen LogP contribution in [0, 0.1) is 0 Å². The molecule has 3 nitrogen and oxygen atoms in total. The Kier molecular flexibility index (Phi) is 4.67. The van der Waals surface area contributed by atoms with Crippen LogP contribution in [-0.4, -0.2) is 21.9 Å². The molecule has 3 N–H and O–H groups in total. The van der Waals surface area contributed by atoms with Gasteiger partial charge in [0.15, 0.2) is 0 Å². The topological polar surface area (TPSA) is 63.3 Å². The van der Waals surface area contributed by atoms with Gasteiger partial charge in [0.25, 0.3) is 0 Å². The summed E-state index contributed by atoms with van der Waals surface area (Å²) in [6.45, 7) is 3.68. The van der Waals surface area contributed by atoms with E-state index in [0.717, 1.165) is 15.0 Å². The van der Waals surface area contributed by atoms with Crippen LogP contribution in [0.2, 0.25) is 4.34 Å². The summed E-state index contributed by atoms with van der Waals surface area (Å²) in [6, 6.07) is 2.92. The van der Waals surface area contributed by atoms with Crippen molar-refractivity contribution in [2.75, 3.05) is 0 Å². The van der Waals surface area contributed by atoms with E-state index in [4.69, 9.17) is 22.4 Å². The highest BCUT2D eigenvalue weighted by molar-refractivity contribution is 8.00. The van der Waals surface area contributed by atoms with E-state index in [1.165, 1.54) is 23.1 Å². The smallest absolute Gasteiger partial charge is 0.321 e. The van der Waals surface area contributed by atoms with Gasteiger partial charge in [0.1, 0.15) is 6.04 Å². The molecule has 0 aliphatic heterocycles. The number of thioether (sulfide) groups is 1. The van der Waals surface area contributed by atoms with Crippen LogP contribution in [-0.2, 0) is 10.5 Å². The maximum Gasteiger partial charge on any atom is 0.321 e. The van der Waals surface area contributed by atoms with Crippen LogP contribution in [0.15, 0.2) is 12.1 Å². The molecule has 0 saturated heterocycles. The third-order valence-electron chi connectivity index (χ3n) is 2.23. The Balaban J connectivity index is 2.57. The van der Waals surface area contributed by atoms with E-state index in [1.807, 2.05) is 26.0 Å². The van der Waals surface area contributed by atoms with Gasteiger partial charge in [-0.2, -0.15) is 0 Å². The zero-order valence-corrected chi connectivity index (χ0v) is 11.5. The fourth-order valence-corrected chi connectivity index (χ4v) is 3.26. The molecule has 0 aromatic carbocycles. The van der Waals surface area contributed by atoms with E-state index in [2.05, 4.69) is 0 Å². The molecule has 0 radical (unpaired) electrons. The predicted molar refractivity (Wildman–Crippen MR) is 70.3 cm³/mol. The summed E-state index contributed by atoms with van der Waals surface area (Å²) in [6.07, 6.45) is 0. The van der Waals surface area contributed by atoms with Gasteiger partial charge in [-0.1, -0.05) is 11.6 Å². The summed E-state index contributed by atoms with van der Waals surface area (Å²) in [5, 5.41) is 8.86. The molecular formula is C10H14ClNO2S2. The number of thiophene rings is 1. The van der Waals surface area contributed by atoms with Gasteiger partial charge in [-0.25, -0.2) is 0 Å². The van der Waals surface area contributed by atoms with Gasteiger partial charge in [0.2, 0.25) is 0 Å². The van der Waals surface area contributed by atoms with Crippen molar-refractivity contribution < 1.29 is 9.90 Å². The van der Waals surface area contributed by atoms with E-state index >= 15 is 0 Å². The summed E-state index contributed by atoms with van der Waals surface area (Å²) in [5.41, 5.74) is 5.62. The number of nitrogens with two attached hydrogens (primary N) is 1. The fraction of sp³-hybridized carbons (Fsp3) is 0.500. The molecule has 1 rings (SSSR count). The molecule has 1 heterocycles. The Hall–Kier alpha value is -0.230. The second kappa shape index (κ2) is 5.40. The maximum atomic E-state index is 10.8. The molecule has 0 bridgehead atoms. The van der Waals surface area contributed by atoms with Crippen LogP contribution in [0.1, 0.15) is 18.7 Å². The first kappa shape index (κ1) is 13.8.